The molecule has 1 rings (SSSR count). The Morgan fingerprint density at radius 2 is 1.65 bits per heavy atom. The number of benzene rings is 1. The van der Waals surface area contributed by atoms with Gasteiger partial charge in [0.15, 0.2) is 0 Å². The summed E-state index contributed by atoms with van der Waals surface area (Å²) in [6, 6.07) is 9.43. The first-order chi connectivity index (χ1) is 8.33. The van der Waals surface area contributed by atoms with Crippen LogP contribution in [-0.2, 0) is 4.57 Å². The highest BCUT2D eigenvalue weighted by Gasteiger charge is 2.01. The van der Waals surface area contributed by atoms with Gasteiger partial charge in [0.25, 0.3) is 0 Å². The fraction of sp³-hybridized carbons (Fsp3) is 0.571. The van der Waals surface area contributed by atoms with Crippen LogP contribution >= 0.6 is 8.03 Å². The summed E-state index contributed by atoms with van der Waals surface area (Å²) < 4.78 is 17.1. The van der Waals surface area contributed by atoms with Crippen molar-refractivity contribution in [3.63, 3.8) is 0 Å². The largest absolute Gasteiger partial charge is 0.445 e. The van der Waals surface area contributed by atoms with Gasteiger partial charge in [-0.25, -0.2) is 0 Å². The summed E-state index contributed by atoms with van der Waals surface area (Å²) in [6.07, 6.45) is 8.06. The first-order valence-electron chi connectivity index (χ1n) is 6.58. The lowest BCUT2D eigenvalue weighted by Crippen LogP contribution is -1.87. The van der Waals surface area contributed by atoms with Gasteiger partial charge in [-0.3, -0.25) is 4.57 Å². The van der Waals surface area contributed by atoms with Gasteiger partial charge < -0.3 is 4.52 Å². The minimum atomic E-state index is -1.88. The van der Waals surface area contributed by atoms with E-state index in [2.05, 4.69) is 6.92 Å². The molecule has 0 radical (unpaired) electrons. The van der Waals surface area contributed by atoms with Gasteiger partial charge >= 0.3 is 0 Å². The Bertz CT molecular complexity index is 311. The van der Waals surface area contributed by atoms with Crippen LogP contribution in [0.1, 0.15) is 45.4 Å². The monoisotopic (exact) mass is 254 g/mol. The molecule has 0 N–H and O–H groups in total. The van der Waals surface area contributed by atoms with Crippen LogP contribution in [0, 0.1) is 0 Å². The molecule has 1 unspecified atom stereocenters. The molecular formula is C14H23O2P. The van der Waals surface area contributed by atoms with Gasteiger partial charge in [0, 0.05) is 6.16 Å². The molecule has 0 aliphatic heterocycles. The second-order valence-corrected chi connectivity index (χ2v) is 5.75. The summed E-state index contributed by atoms with van der Waals surface area (Å²) >= 11 is 0. The molecular weight excluding hydrogens is 231 g/mol. The van der Waals surface area contributed by atoms with Gasteiger partial charge in [-0.15, -0.1) is 0 Å². The molecule has 96 valence electrons. The molecule has 1 atom stereocenters. The maximum Gasteiger partial charge on any atom is 0.236 e. The van der Waals surface area contributed by atoms with Gasteiger partial charge in [0.05, 0.1) is 0 Å². The molecule has 0 spiro atoms. The minimum Gasteiger partial charge on any atom is -0.445 e. The maximum atomic E-state index is 11.7. The third-order valence-electron chi connectivity index (χ3n) is 2.71. The molecule has 3 heteroatoms. The van der Waals surface area contributed by atoms with E-state index >= 15 is 0 Å². The molecule has 0 bridgehead atoms. The minimum absolute atomic E-state index is 0.714. The Hall–Kier alpha value is -0.750. The van der Waals surface area contributed by atoms with Crippen molar-refractivity contribution in [3.05, 3.63) is 30.3 Å². The van der Waals surface area contributed by atoms with E-state index in [1.807, 2.05) is 30.3 Å². The summed E-state index contributed by atoms with van der Waals surface area (Å²) in [7, 11) is -1.88. The van der Waals surface area contributed by atoms with Gasteiger partial charge in [-0.2, -0.15) is 0 Å². The van der Waals surface area contributed by atoms with Crippen molar-refractivity contribution in [2.45, 2.75) is 45.4 Å². The van der Waals surface area contributed by atoms with E-state index in [0.717, 1.165) is 12.2 Å². The molecule has 1 aromatic rings. The number of rotatable bonds is 9. The SMILES string of the molecule is CCCCCCCC[PH](=O)Oc1ccccc1. The number of para-hydroxylation sites is 1. The molecule has 0 heterocycles. The molecule has 1 aromatic carbocycles. The van der Waals surface area contributed by atoms with Crippen molar-refractivity contribution in [1.82, 2.24) is 0 Å². The normalized spacial score (nSPS) is 12.3. The predicted molar refractivity (Wildman–Crippen MR) is 74.3 cm³/mol. The van der Waals surface area contributed by atoms with Crippen LogP contribution in [0.2, 0.25) is 0 Å². The Labute approximate surface area is 105 Å². The van der Waals surface area contributed by atoms with Crippen molar-refractivity contribution in [1.29, 1.82) is 0 Å². The number of unbranched alkanes of at least 4 members (excludes halogenated alkanes) is 5. The van der Waals surface area contributed by atoms with Gasteiger partial charge in [0.1, 0.15) is 5.75 Å². The van der Waals surface area contributed by atoms with Gasteiger partial charge in [-0.1, -0.05) is 57.2 Å². The molecule has 0 aromatic heterocycles. The van der Waals surface area contributed by atoms with Crippen LogP contribution in [0.5, 0.6) is 5.75 Å². The van der Waals surface area contributed by atoms with Crippen LogP contribution in [0.3, 0.4) is 0 Å². The lowest BCUT2D eigenvalue weighted by atomic mass is 10.1. The van der Waals surface area contributed by atoms with E-state index in [9.17, 15) is 4.57 Å². The molecule has 0 saturated carbocycles. The van der Waals surface area contributed by atoms with Crippen molar-refractivity contribution >= 4 is 8.03 Å². The Morgan fingerprint density at radius 3 is 2.35 bits per heavy atom. The average molecular weight is 254 g/mol. The van der Waals surface area contributed by atoms with Crippen LogP contribution in [0.25, 0.3) is 0 Å². The Morgan fingerprint density at radius 1 is 1.00 bits per heavy atom. The lowest BCUT2D eigenvalue weighted by Gasteiger charge is -2.05. The Balaban J connectivity index is 2.06. The third-order valence-corrected chi connectivity index (χ3v) is 3.93. The number of hydrogen-bond donors (Lipinski definition) is 0. The highest BCUT2D eigenvalue weighted by Crippen LogP contribution is 2.27. The first-order valence-corrected chi connectivity index (χ1v) is 8.11. The zero-order valence-corrected chi connectivity index (χ0v) is 11.7. The zero-order valence-electron chi connectivity index (χ0n) is 10.7. The summed E-state index contributed by atoms with van der Waals surface area (Å²) in [5.74, 6) is 0.724. The van der Waals surface area contributed by atoms with E-state index in [1.165, 1.54) is 32.1 Å². The van der Waals surface area contributed by atoms with E-state index in [1.54, 1.807) is 0 Å². The number of hydrogen-bond acceptors (Lipinski definition) is 2. The second-order valence-electron chi connectivity index (χ2n) is 4.30. The fourth-order valence-electron chi connectivity index (χ4n) is 1.72. The standard InChI is InChI=1S/C14H23O2P/c1-2-3-4-5-6-10-13-17(15)16-14-11-8-7-9-12-14/h7-9,11-12,17H,2-6,10,13H2,1H3. The van der Waals surface area contributed by atoms with Crippen molar-refractivity contribution in [2.24, 2.45) is 0 Å². The second kappa shape index (κ2) is 9.30. The highest BCUT2D eigenvalue weighted by molar-refractivity contribution is 7.39. The Kier molecular flexibility index (Phi) is 7.83. The molecule has 0 amide bonds. The smallest absolute Gasteiger partial charge is 0.236 e. The van der Waals surface area contributed by atoms with Gasteiger partial charge in [-0.05, 0) is 18.6 Å². The van der Waals surface area contributed by atoms with E-state index in [-0.39, 0.29) is 0 Å². The lowest BCUT2D eigenvalue weighted by molar-refractivity contribution is 0.500. The average Bonchev–Trinajstić information content (AvgIpc) is 2.35. The van der Waals surface area contributed by atoms with E-state index in [0.29, 0.717) is 6.16 Å². The molecule has 17 heavy (non-hydrogen) atoms. The molecule has 0 fully saturated rings. The summed E-state index contributed by atoms with van der Waals surface area (Å²) in [5, 5.41) is 0. The fourth-order valence-corrected chi connectivity index (χ4v) is 2.76. The summed E-state index contributed by atoms with van der Waals surface area (Å²) in [5.41, 5.74) is 0. The van der Waals surface area contributed by atoms with Crippen LogP contribution in [0.15, 0.2) is 30.3 Å². The summed E-state index contributed by atoms with van der Waals surface area (Å²) in [6.45, 7) is 2.21. The van der Waals surface area contributed by atoms with Gasteiger partial charge in [0.2, 0.25) is 8.03 Å². The highest BCUT2D eigenvalue weighted by atomic mass is 31.1. The van der Waals surface area contributed by atoms with Crippen molar-refractivity contribution in [3.8, 4) is 5.75 Å². The third kappa shape index (κ3) is 7.23. The predicted octanol–water partition coefficient (Wildman–Crippen LogP) is 4.90. The maximum absolute atomic E-state index is 11.7. The van der Waals surface area contributed by atoms with E-state index < -0.39 is 8.03 Å². The van der Waals surface area contributed by atoms with Crippen molar-refractivity contribution < 1.29 is 9.09 Å². The first kappa shape index (κ1) is 14.3. The van der Waals surface area contributed by atoms with Crippen LogP contribution in [0.4, 0.5) is 0 Å². The topological polar surface area (TPSA) is 26.3 Å². The quantitative estimate of drug-likeness (QED) is 0.462. The summed E-state index contributed by atoms with van der Waals surface area (Å²) in [4.78, 5) is 0. The molecule has 0 saturated heterocycles. The van der Waals surface area contributed by atoms with Crippen molar-refractivity contribution in [2.75, 3.05) is 6.16 Å². The molecule has 0 aliphatic carbocycles. The van der Waals surface area contributed by atoms with Crippen LogP contribution < -0.4 is 4.52 Å². The zero-order chi connectivity index (χ0) is 12.3. The van der Waals surface area contributed by atoms with Crippen LogP contribution in [-0.4, -0.2) is 6.16 Å². The van der Waals surface area contributed by atoms with E-state index in [4.69, 9.17) is 4.52 Å². The molecule has 2 nitrogen and oxygen atoms in total. The molecule has 0 aliphatic rings.